The summed E-state index contributed by atoms with van der Waals surface area (Å²) in [4.78, 5) is 28.3. The van der Waals surface area contributed by atoms with Crippen LogP contribution in [-0.4, -0.2) is 29.8 Å². The summed E-state index contributed by atoms with van der Waals surface area (Å²) in [6.45, 7) is 1.14. The van der Waals surface area contributed by atoms with Crippen LogP contribution in [0.1, 0.15) is 21.6 Å². The van der Waals surface area contributed by atoms with Crippen LogP contribution in [0.5, 0.6) is 5.75 Å². The van der Waals surface area contributed by atoms with Gasteiger partial charge < -0.3 is 14.8 Å². The zero-order chi connectivity index (χ0) is 22.4. The average Bonchev–Trinajstić information content (AvgIpc) is 3.21. The van der Waals surface area contributed by atoms with Crippen LogP contribution in [0, 0.1) is 6.92 Å². The smallest absolute Gasteiger partial charge is 0.451 e. The van der Waals surface area contributed by atoms with Crippen molar-refractivity contribution in [3.05, 3.63) is 70.7 Å². The molecule has 0 fully saturated rings. The van der Waals surface area contributed by atoms with Crippen LogP contribution < -0.4 is 10.1 Å². The molecule has 0 bridgehead atoms. The molecule has 31 heavy (non-hydrogen) atoms. The van der Waals surface area contributed by atoms with Crippen molar-refractivity contribution in [2.45, 2.75) is 19.8 Å². The quantitative estimate of drug-likeness (QED) is 0.537. The predicted octanol–water partition coefficient (Wildman–Crippen LogP) is 4.49. The molecule has 0 radical (unpaired) electrons. The van der Waals surface area contributed by atoms with Crippen molar-refractivity contribution < 1.29 is 32.2 Å². The van der Waals surface area contributed by atoms with Crippen molar-refractivity contribution in [3.63, 3.8) is 0 Å². The molecule has 0 aliphatic heterocycles. The molecule has 6 nitrogen and oxygen atoms in total. The predicted molar refractivity (Wildman–Crippen MR) is 108 cm³/mol. The Hall–Kier alpha value is -3.40. The molecule has 0 saturated heterocycles. The number of halogens is 3. The fourth-order valence-corrected chi connectivity index (χ4v) is 3.32. The highest BCUT2D eigenvalue weighted by molar-refractivity contribution is 7.13. The van der Waals surface area contributed by atoms with Crippen LogP contribution in [0.3, 0.4) is 0 Å². The molecular weight excluding hydrogens is 433 g/mol. The van der Waals surface area contributed by atoms with Crippen molar-refractivity contribution >= 4 is 23.2 Å². The zero-order valence-electron chi connectivity index (χ0n) is 16.2. The van der Waals surface area contributed by atoms with Crippen molar-refractivity contribution in [2.24, 2.45) is 0 Å². The Balaban J connectivity index is 1.51. The molecule has 162 valence electrons. The maximum atomic E-state index is 12.4. The van der Waals surface area contributed by atoms with Gasteiger partial charge in [-0.1, -0.05) is 48.0 Å². The van der Waals surface area contributed by atoms with E-state index in [0.717, 1.165) is 17.2 Å². The molecule has 0 unspecified atom stereocenters. The van der Waals surface area contributed by atoms with Crippen molar-refractivity contribution in [1.82, 2.24) is 10.3 Å². The lowest BCUT2D eigenvalue weighted by atomic mass is 10.2. The topological polar surface area (TPSA) is 77.5 Å². The van der Waals surface area contributed by atoms with E-state index in [0.29, 0.717) is 5.01 Å². The standard InChI is InChI=1S/C21H17F3N2O4S/c1-13-6-8-14(9-7-13)19-26-16(12-31-19)20(28)29-11-18(27)25-10-15-4-2-3-5-17(15)30-21(22,23)24/h2-9,12H,10-11H2,1H3,(H,25,27). The van der Waals surface area contributed by atoms with Crippen LogP contribution in [0.15, 0.2) is 53.9 Å². The first-order valence-electron chi connectivity index (χ1n) is 9.01. The summed E-state index contributed by atoms with van der Waals surface area (Å²) in [5, 5.41) is 4.55. The van der Waals surface area contributed by atoms with Crippen molar-refractivity contribution in [2.75, 3.05) is 6.61 Å². The minimum Gasteiger partial charge on any atom is -0.451 e. The highest BCUT2D eigenvalue weighted by Crippen LogP contribution is 2.26. The molecule has 0 spiro atoms. The van der Waals surface area contributed by atoms with Gasteiger partial charge in [-0.3, -0.25) is 4.79 Å². The molecule has 0 saturated carbocycles. The van der Waals surface area contributed by atoms with E-state index in [-0.39, 0.29) is 17.8 Å². The molecule has 0 aliphatic rings. The number of thiazole rings is 1. The lowest BCUT2D eigenvalue weighted by Crippen LogP contribution is -2.29. The van der Waals surface area contributed by atoms with Gasteiger partial charge in [0.25, 0.3) is 5.91 Å². The second kappa shape index (κ2) is 9.61. The number of hydrogen-bond donors (Lipinski definition) is 1. The monoisotopic (exact) mass is 450 g/mol. The summed E-state index contributed by atoms with van der Waals surface area (Å²) in [7, 11) is 0. The molecule has 0 atom stereocenters. The molecule has 1 heterocycles. The summed E-state index contributed by atoms with van der Waals surface area (Å²) < 4.78 is 46.2. The Kier molecular flexibility index (Phi) is 6.91. The van der Waals surface area contributed by atoms with Crippen LogP contribution in [-0.2, 0) is 16.1 Å². The van der Waals surface area contributed by atoms with Crippen LogP contribution in [0.4, 0.5) is 13.2 Å². The number of alkyl halides is 3. The zero-order valence-corrected chi connectivity index (χ0v) is 17.0. The minimum absolute atomic E-state index is 0.0669. The molecule has 3 rings (SSSR count). The average molecular weight is 450 g/mol. The van der Waals surface area contributed by atoms with Gasteiger partial charge in [0.05, 0.1) is 0 Å². The third kappa shape index (κ3) is 6.54. The van der Waals surface area contributed by atoms with Gasteiger partial charge in [-0.15, -0.1) is 24.5 Å². The van der Waals surface area contributed by atoms with Gasteiger partial charge in [0, 0.05) is 23.1 Å². The number of nitrogens with one attached hydrogen (secondary N) is 1. The number of para-hydroxylation sites is 1. The van der Waals surface area contributed by atoms with Crippen molar-refractivity contribution in [1.29, 1.82) is 0 Å². The highest BCUT2D eigenvalue weighted by Gasteiger charge is 2.32. The normalized spacial score (nSPS) is 11.1. The van der Waals surface area contributed by atoms with Gasteiger partial charge in [-0.05, 0) is 13.0 Å². The number of amides is 1. The van der Waals surface area contributed by atoms with E-state index in [1.54, 1.807) is 0 Å². The molecule has 1 N–H and O–H groups in total. The van der Waals surface area contributed by atoms with E-state index in [1.165, 1.54) is 34.9 Å². The van der Waals surface area contributed by atoms with E-state index < -0.39 is 30.6 Å². The molecule has 10 heteroatoms. The second-order valence-electron chi connectivity index (χ2n) is 6.41. The van der Waals surface area contributed by atoms with Crippen molar-refractivity contribution in [3.8, 4) is 16.3 Å². The third-order valence-corrected chi connectivity index (χ3v) is 4.91. The Labute approximate surface area is 179 Å². The second-order valence-corrected chi connectivity index (χ2v) is 7.27. The number of hydrogen-bond acceptors (Lipinski definition) is 6. The van der Waals surface area contributed by atoms with Gasteiger partial charge in [-0.2, -0.15) is 0 Å². The third-order valence-electron chi connectivity index (χ3n) is 4.02. The molecular formula is C21H17F3N2O4S. The number of esters is 1. The maximum Gasteiger partial charge on any atom is 0.573 e. The number of ether oxygens (including phenoxy) is 2. The molecule has 1 aromatic heterocycles. The lowest BCUT2D eigenvalue weighted by Gasteiger charge is -2.13. The Bertz CT molecular complexity index is 1060. The van der Waals surface area contributed by atoms with E-state index in [1.807, 2.05) is 31.2 Å². The molecule has 2 aromatic carbocycles. The highest BCUT2D eigenvalue weighted by atomic mass is 32.1. The summed E-state index contributed by atoms with van der Waals surface area (Å²) >= 11 is 1.27. The van der Waals surface area contributed by atoms with Gasteiger partial charge in [-0.25, -0.2) is 9.78 Å². The Morgan fingerprint density at radius 2 is 1.81 bits per heavy atom. The number of carbonyl (C=O) groups excluding carboxylic acids is 2. The summed E-state index contributed by atoms with van der Waals surface area (Å²) in [6.07, 6.45) is -4.85. The van der Waals surface area contributed by atoms with E-state index in [4.69, 9.17) is 4.74 Å². The number of benzene rings is 2. The van der Waals surface area contributed by atoms with Crippen LogP contribution in [0.25, 0.3) is 10.6 Å². The number of carbonyl (C=O) groups is 2. The number of nitrogens with zero attached hydrogens (tertiary/aromatic N) is 1. The fourth-order valence-electron chi connectivity index (χ4n) is 2.52. The van der Waals surface area contributed by atoms with Gasteiger partial charge in [0.15, 0.2) is 12.3 Å². The number of aryl methyl sites for hydroxylation is 1. The van der Waals surface area contributed by atoms with Gasteiger partial charge in [0.1, 0.15) is 10.8 Å². The first-order valence-corrected chi connectivity index (χ1v) is 9.89. The Morgan fingerprint density at radius 3 is 2.52 bits per heavy atom. The molecule has 3 aromatic rings. The fraction of sp³-hybridized carbons (Fsp3) is 0.190. The largest absolute Gasteiger partial charge is 0.573 e. The molecule has 0 aliphatic carbocycles. The number of aromatic nitrogens is 1. The van der Waals surface area contributed by atoms with Crippen LogP contribution in [0.2, 0.25) is 0 Å². The van der Waals surface area contributed by atoms with Gasteiger partial charge in [0.2, 0.25) is 0 Å². The SMILES string of the molecule is Cc1ccc(-c2nc(C(=O)OCC(=O)NCc3ccccc3OC(F)(F)F)cs2)cc1. The minimum atomic E-state index is -4.85. The Morgan fingerprint density at radius 1 is 1.10 bits per heavy atom. The first kappa shape index (κ1) is 22.3. The summed E-state index contributed by atoms with van der Waals surface area (Å²) in [5.41, 5.74) is 2.14. The maximum absolute atomic E-state index is 12.4. The number of rotatable bonds is 7. The first-order chi connectivity index (χ1) is 14.7. The summed E-state index contributed by atoms with van der Waals surface area (Å²) in [6, 6.07) is 13.0. The van der Waals surface area contributed by atoms with Crippen LogP contribution >= 0.6 is 11.3 Å². The van der Waals surface area contributed by atoms with E-state index in [9.17, 15) is 22.8 Å². The molecule has 1 amide bonds. The van der Waals surface area contributed by atoms with E-state index >= 15 is 0 Å². The summed E-state index contributed by atoms with van der Waals surface area (Å²) in [5.74, 6) is -1.87. The lowest BCUT2D eigenvalue weighted by molar-refractivity contribution is -0.274. The van der Waals surface area contributed by atoms with Gasteiger partial charge >= 0.3 is 12.3 Å². The van der Waals surface area contributed by atoms with E-state index in [2.05, 4.69) is 15.0 Å².